The van der Waals surface area contributed by atoms with E-state index in [1.807, 2.05) is 26.2 Å². The third-order valence-electron chi connectivity index (χ3n) is 2.98. The Hall–Kier alpha value is -2.27. The van der Waals surface area contributed by atoms with Gasteiger partial charge in [0.05, 0.1) is 11.9 Å². The molecule has 0 aliphatic rings. The second-order valence-electron chi connectivity index (χ2n) is 4.49. The first-order valence-corrected chi connectivity index (χ1v) is 6.46. The van der Waals surface area contributed by atoms with E-state index < -0.39 is 0 Å². The van der Waals surface area contributed by atoms with Crippen LogP contribution in [0.15, 0.2) is 36.9 Å². The molecule has 3 aromatic heterocycles. The van der Waals surface area contributed by atoms with Crippen molar-refractivity contribution in [1.82, 2.24) is 24.7 Å². The Labute approximate surface area is 121 Å². The molecule has 0 aromatic carbocycles. The van der Waals surface area contributed by atoms with Gasteiger partial charge in [-0.05, 0) is 18.6 Å². The van der Waals surface area contributed by atoms with Gasteiger partial charge in [-0.25, -0.2) is 9.97 Å². The second kappa shape index (κ2) is 5.02. The summed E-state index contributed by atoms with van der Waals surface area (Å²) in [6.45, 7) is 1.99. The molecule has 0 amide bonds. The van der Waals surface area contributed by atoms with Gasteiger partial charge in [-0.1, -0.05) is 11.6 Å². The highest BCUT2D eigenvalue weighted by Crippen LogP contribution is 2.25. The fourth-order valence-corrected chi connectivity index (χ4v) is 2.12. The summed E-state index contributed by atoms with van der Waals surface area (Å²) in [4.78, 5) is 13.0. The van der Waals surface area contributed by atoms with Crippen molar-refractivity contribution in [3.63, 3.8) is 0 Å². The van der Waals surface area contributed by atoms with Crippen molar-refractivity contribution in [1.29, 1.82) is 0 Å². The van der Waals surface area contributed by atoms with Gasteiger partial charge in [0.2, 0.25) is 0 Å². The van der Waals surface area contributed by atoms with Gasteiger partial charge in [-0.3, -0.25) is 9.67 Å². The van der Waals surface area contributed by atoms with Gasteiger partial charge in [-0.15, -0.1) is 0 Å². The minimum absolute atomic E-state index is 0.400. The van der Waals surface area contributed by atoms with Gasteiger partial charge in [0.15, 0.2) is 5.82 Å². The third kappa shape index (κ3) is 2.40. The standard InChI is InChI=1S/C14H12ClN5/c1-9-3-4-16-7-11(9)14-18-12(5-13(15)19-14)10-6-17-20(2)8-10/h3-8H,1-2H3. The Bertz CT molecular complexity index is 766. The van der Waals surface area contributed by atoms with Crippen molar-refractivity contribution in [2.75, 3.05) is 0 Å². The van der Waals surface area contributed by atoms with E-state index in [9.17, 15) is 0 Å². The quantitative estimate of drug-likeness (QED) is 0.679. The van der Waals surface area contributed by atoms with Gasteiger partial charge in [0.1, 0.15) is 5.15 Å². The summed E-state index contributed by atoms with van der Waals surface area (Å²) in [5.41, 5.74) is 3.58. The summed E-state index contributed by atoms with van der Waals surface area (Å²) in [7, 11) is 1.86. The van der Waals surface area contributed by atoms with Crippen LogP contribution in [0, 0.1) is 6.92 Å². The number of aromatic nitrogens is 5. The smallest absolute Gasteiger partial charge is 0.163 e. The molecule has 0 aliphatic carbocycles. The van der Waals surface area contributed by atoms with Crippen molar-refractivity contribution in [2.45, 2.75) is 6.92 Å². The van der Waals surface area contributed by atoms with E-state index in [1.165, 1.54) is 0 Å². The molecular formula is C14H12ClN5. The lowest BCUT2D eigenvalue weighted by atomic mass is 10.1. The molecule has 3 rings (SSSR count). The monoisotopic (exact) mass is 285 g/mol. The number of halogens is 1. The van der Waals surface area contributed by atoms with Crippen molar-refractivity contribution in [2.24, 2.45) is 7.05 Å². The fraction of sp³-hybridized carbons (Fsp3) is 0.143. The van der Waals surface area contributed by atoms with E-state index >= 15 is 0 Å². The number of pyridine rings is 1. The van der Waals surface area contributed by atoms with Crippen LogP contribution in [0.2, 0.25) is 5.15 Å². The zero-order chi connectivity index (χ0) is 14.1. The van der Waals surface area contributed by atoms with Crippen LogP contribution in [0.25, 0.3) is 22.6 Å². The number of nitrogens with zero attached hydrogens (tertiary/aromatic N) is 5. The van der Waals surface area contributed by atoms with Crippen LogP contribution in [0.1, 0.15) is 5.56 Å². The molecule has 0 saturated heterocycles. The van der Waals surface area contributed by atoms with Crippen molar-refractivity contribution >= 4 is 11.6 Å². The minimum atomic E-state index is 0.400. The molecule has 0 aliphatic heterocycles. The Morgan fingerprint density at radius 2 is 2.05 bits per heavy atom. The topological polar surface area (TPSA) is 56.5 Å². The maximum absolute atomic E-state index is 6.11. The highest BCUT2D eigenvalue weighted by Gasteiger charge is 2.10. The molecule has 0 radical (unpaired) electrons. The molecule has 3 aromatic rings. The average molecular weight is 286 g/mol. The lowest BCUT2D eigenvalue weighted by molar-refractivity contribution is 0.768. The second-order valence-corrected chi connectivity index (χ2v) is 4.88. The molecule has 20 heavy (non-hydrogen) atoms. The molecule has 0 atom stereocenters. The van der Waals surface area contributed by atoms with Crippen LogP contribution in [0.4, 0.5) is 0 Å². The van der Waals surface area contributed by atoms with Crippen LogP contribution < -0.4 is 0 Å². The van der Waals surface area contributed by atoms with Crippen LogP contribution in [0.5, 0.6) is 0 Å². The van der Waals surface area contributed by atoms with E-state index in [0.29, 0.717) is 11.0 Å². The molecular weight excluding hydrogens is 274 g/mol. The molecule has 0 unspecified atom stereocenters. The van der Waals surface area contributed by atoms with Crippen LogP contribution in [-0.2, 0) is 7.05 Å². The minimum Gasteiger partial charge on any atom is -0.275 e. The van der Waals surface area contributed by atoms with E-state index in [4.69, 9.17) is 11.6 Å². The molecule has 6 heteroatoms. The first-order valence-electron chi connectivity index (χ1n) is 6.08. The lowest BCUT2D eigenvalue weighted by Crippen LogP contribution is -1.95. The predicted octanol–water partition coefficient (Wildman–Crippen LogP) is 2.90. The van der Waals surface area contributed by atoms with E-state index in [-0.39, 0.29) is 0 Å². The zero-order valence-corrected chi connectivity index (χ0v) is 11.8. The highest BCUT2D eigenvalue weighted by atomic mass is 35.5. The first-order chi connectivity index (χ1) is 9.63. The van der Waals surface area contributed by atoms with Crippen molar-refractivity contribution in [3.05, 3.63) is 47.6 Å². The normalized spacial score (nSPS) is 10.8. The van der Waals surface area contributed by atoms with Crippen LogP contribution in [-0.4, -0.2) is 24.7 Å². The number of rotatable bonds is 2. The van der Waals surface area contributed by atoms with E-state index in [0.717, 1.165) is 22.4 Å². The SMILES string of the molecule is Cc1ccncc1-c1nc(Cl)cc(-c2cnn(C)c2)n1. The van der Waals surface area contributed by atoms with Gasteiger partial charge in [0.25, 0.3) is 0 Å². The largest absolute Gasteiger partial charge is 0.275 e. The van der Waals surface area contributed by atoms with Crippen LogP contribution >= 0.6 is 11.6 Å². The van der Waals surface area contributed by atoms with Crippen molar-refractivity contribution < 1.29 is 0 Å². The molecule has 0 spiro atoms. The van der Waals surface area contributed by atoms with E-state index in [1.54, 1.807) is 29.3 Å². The molecule has 5 nitrogen and oxygen atoms in total. The number of aryl methyl sites for hydroxylation is 2. The Morgan fingerprint density at radius 1 is 1.20 bits per heavy atom. The van der Waals surface area contributed by atoms with Gasteiger partial charge >= 0.3 is 0 Å². The summed E-state index contributed by atoms with van der Waals surface area (Å²) in [5, 5.41) is 4.54. The molecule has 0 bridgehead atoms. The molecule has 0 N–H and O–H groups in total. The highest BCUT2D eigenvalue weighted by molar-refractivity contribution is 6.29. The maximum atomic E-state index is 6.11. The Balaban J connectivity index is 2.14. The summed E-state index contributed by atoms with van der Waals surface area (Å²) in [6.07, 6.45) is 7.12. The molecule has 3 heterocycles. The molecule has 0 fully saturated rings. The summed E-state index contributed by atoms with van der Waals surface area (Å²) >= 11 is 6.11. The fourth-order valence-electron chi connectivity index (χ4n) is 1.94. The Kier molecular flexibility index (Phi) is 3.20. The lowest BCUT2D eigenvalue weighted by Gasteiger charge is -2.06. The Morgan fingerprint density at radius 3 is 2.75 bits per heavy atom. The number of hydrogen-bond acceptors (Lipinski definition) is 4. The van der Waals surface area contributed by atoms with Gasteiger partial charge in [-0.2, -0.15) is 5.10 Å². The molecule has 100 valence electrons. The first kappa shape index (κ1) is 12.7. The van der Waals surface area contributed by atoms with Crippen molar-refractivity contribution in [3.8, 4) is 22.6 Å². The van der Waals surface area contributed by atoms with E-state index in [2.05, 4.69) is 20.1 Å². The predicted molar refractivity (Wildman–Crippen MR) is 77.2 cm³/mol. The van der Waals surface area contributed by atoms with Gasteiger partial charge < -0.3 is 0 Å². The summed E-state index contributed by atoms with van der Waals surface area (Å²) in [5.74, 6) is 0.571. The maximum Gasteiger partial charge on any atom is 0.163 e. The zero-order valence-electron chi connectivity index (χ0n) is 11.1. The third-order valence-corrected chi connectivity index (χ3v) is 3.17. The van der Waals surface area contributed by atoms with Gasteiger partial charge in [0, 0.05) is 42.8 Å². The average Bonchev–Trinajstić information content (AvgIpc) is 2.85. The molecule has 0 saturated carbocycles. The number of hydrogen-bond donors (Lipinski definition) is 0. The summed E-state index contributed by atoms with van der Waals surface area (Å²) < 4.78 is 1.72. The van der Waals surface area contributed by atoms with Crippen LogP contribution in [0.3, 0.4) is 0 Å². The summed E-state index contributed by atoms with van der Waals surface area (Å²) in [6, 6.07) is 3.65.